The highest BCUT2D eigenvalue weighted by Gasteiger charge is 2.15. The van der Waals surface area contributed by atoms with Gasteiger partial charge in [-0.2, -0.15) is 0 Å². The zero-order valence-corrected chi connectivity index (χ0v) is 14.7. The van der Waals surface area contributed by atoms with E-state index in [0.29, 0.717) is 23.6 Å². The average molecular weight is 365 g/mol. The lowest BCUT2D eigenvalue weighted by molar-refractivity contribution is -0.136. The van der Waals surface area contributed by atoms with Crippen LogP contribution in [-0.4, -0.2) is 33.7 Å². The topological polar surface area (TPSA) is 102 Å². The third-order valence-electron chi connectivity index (χ3n) is 3.50. The number of methoxy groups -OCH3 is 2. The molecule has 2 aromatic carbocycles. The van der Waals surface area contributed by atoms with E-state index in [0.717, 1.165) is 5.56 Å². The number of carboxylic acids is 1. The van der Waals surface area contributed by atoms with E-state index in [2.05, 4.69) is 4.72 Å². The molecule has 0 heterocycles. The smallest absolute Gasteiger partial charge is 0.303 e. The van der Waals surface area contributed by atoms with Gasteiger partial charge in [-0.1, -0.05) is 12.1 Å². The first kappa shape index (κ1) is 18.6. The second-order valence-corrected chi connectivity index (χ2v) is 6.90. The van der Waals surface area contributed by atoms with Crippen LogP contribution in [0.15, 0.2) is 47.4 Å². The van der Waals surface area contributed by atoms with Gasteiger partial charge in [0, 0.05) is 12.5 Å². The SMILES string of the molecule is COc1ccc(NS(=O)(=O)c2ccc(CCC(=O)O)cc2)cc1OC. The average Bonchev–Trinajstić information content (AvgIpc) is 2.59. The second kappa shape index (κ2) is 7.89. The maximum atomic E-state index is 12.5. The number of nitrogens with one attached hydrogen (secondary N) is 1. The van der Waals surface area contributed by atoms with E-state index in [-0.39, 0.29) is 11.3 Å². The number of carboxylic acid groups (broad SMARTS) is 1. The van der Waals surface area contributed by atoms with Crippen LogP contribution in [0, 0.1) is 0 Å². The molecule has 0 aromatic heterocycles. The van der Waals surface area contributed by atoms with Crippen LogP contribution in [-0.2, 0) is 21.2 Å². The van der Waals surface area contributed by atoms with E-state index >= 15 is 0 Å². The molecule has 0 fully saturated rings. The van der Waals surface area contributed by atoms with Crippen LogP contribution in [0.4, 0.5) is 5.69 Å². The number of benzene rings is 2. The van der Waals surface area contributed by atoms with Crippen molar-refractivity contribution >= 4 is 21.7 Å². The van der Waals surface area contributed by atoms with Crippen molar-refractivity contribution in [1.82, 2.24) is 0 Å². The number of hydrogen-bond donors (Lipinski definition) is 2. The Labute approximate surface area is 146 Å². The summed E-state index contributed by atoms with van der Waals surface area (Å²) >= 11 is 0. The van der Waals surface area contributed by atoms with E-state index in [4.69, 9.17) is 14.6 Å². The first-order valence-electron chi connectivity index (χ1n) is 7.41. The van der Waals surface area contributed by atoms with Gasteiger partial charge in [0.05, 0.1) is 24.8 Å². The first-order chi connectivity index (χ1) is 11.9. The Kier molecular flexibility index (Phi) is 5.87. The Hall–Kier alpha value is -2.74. The third kappa shape index (κ3) is 4.87. The van der Waals surface area contributed by atoms with Gasteiger partial charge in [0.2, 0.25) is 0 Å². The van der Waals surface area contributed by atoms with Crippen molar-refractivity contribution in [3.05, 3.63) is 48.0 Å². The monoisotopic (exact) mass is 365 g/mol. The van der Waals surface area contributed by atoms with E-state index in [1.165, 1.54) is 32.4 Å². The summed E-state index contributed by atoms with van der Waals surface area (Å²) in [6.45, 7) is 0. The van der Waals surface area contributed by atoms with Crippen LogP contribution in [0.1, 0.15) is 12.0 Å². The molecule has 0 bridgehead atoms. The molecular weight excluding hydrogens is 346 g/mol. The second-order valence-electron chi connectivity index (χ2n) is 5.21. The lowest BCUT2D eigenvalue weighted by Gasteiger charge is -2.12. The Balaban J connectivity index is 2.17. The van der Waals surface area contributed by atoms with Crippen LogP contribution in [0.2, 0.25) is 0 Å². The highest BCUT2D eigenvalue weighted by molar-refractivity contribution is 7.92. The van der Waals surface area contributed by atoms with Crippen molar-refractivity contribution in [2.24, 2.45) is 0 Å². The highest BCUT2D eigenvalue weighted by Crippen LogP contribution is 2.30. The zero-order chi connectivity index (χ0) is 18.4. The molecule has 0 unspecified atom stereocenters. The van der Waals surface area contributed by atoms with Crippen LogP contribution >= 0.6 is 0 Å². The molecule has 0 atom stereocenters. The lowest BCUT2D eigenvalue weighted by atomic mass is 10.1. The minimum atomic E-state index is -3.77. The van der Waals surface area contributed by atoms with Crippen molar-refractivity contribution in [3.8, 4) is 11.5 Å². The van der Waals surface area contributed by atoms with E-state index in [1.54, 1.807) is 24.3 Å². The van der Waals surface area contributed by atoms with Gasteiger partial charge < -0.3 is 14.6 Å². The van der Waals surface area contributed by atoms with Gasteiger partial charge in [0.15, 0.2) is 11.5 Å². The number of rotatable bonds is 8. The zero-order valence-electron chi connectivity index (χ0n) is 13.9. The number of anilines is 1. The normalized spacial score (nSPS) is 11.0. The molecule has 0 aliphatic heterocycles. The number of hydrogen-bond acceptors (Lipinski definition) is 5. The number of aryl methyl sites for hydroxylation is 1. The van der Waals surface area contributed by atoms with Gasteiger partial charge in [-0.15, -0.1) is 0 Å². The van der Waals surface area contributed by atoms with Crippen molar-refractivity contribution in [2.75, 3.05) is 18.9 Å². The Morgan fingerprint density at radius 3 is 2.24 bits per heavy atom. The van der Waals surface area contributed by atoms with Crippen molar-refractivity contribution in [2.45, 2.75) is 17.7 Å². The van der Waals surface area contributed by atoms with Crippen molar-refractivity contribution in [1.29, 1.82) is 0 Å². The standard InChI is InChI=1S/C17H19NO6S/c1-23-15-9-6-13(11-16(15)24-2)18-25(21,22)14-7-3-12(4-8-14)5-10-17(19)20/h3-4,6-9,11,18H,5,10H2,1-2H3,(H,19,20). The molecular formula is C17H19NO6S. The molecule has 8 heteroatoms. The fourth-order valence-electron chi connectivity index (χ4n) is 2.20. The predicted octanol–water partition coefficient (Wildman–Crippen LogP) is 2.52. The number of sulfonamides is 1. The summed E-state index contributed by atoms with van der Waals surface area (Å²) < 4.78 is 37.7. The minimum Gasteiger partial charge on any atom is -0.493 e. The summed E-state index contributed by atoms with van der Waals surface area (Å²) in [6, 6.07) is 10.8. The molecule has 0 aliphatic rings. The van der Waals surface area contributed by atoms with Gasteiger partial charge in [0.1, 0.15) is 0 Å². The number of ether oxygens (including phenoxy) is 2. The summed E-state index contributed by atoms with van der Waals surface area (Å²) in [7, 11) is -0.811. The molecule has 25 heavy (non-hydrogen) atoms. The van der Waals surface area contributed by atoms with E-state index in [9.17, 15) is 13.2 Å². The summed E-state index contributed by atoms with van der Waals surface area (Å²) in [5, 5.41) is 8.68. The molecule has 2 rings (SSSR count). The van der Waals surface area contributed by atoms with Gasteiger partial charge in [-0.05, 0) is 36.2 Å². The molecule has 7 nitrogen and oxygen atoms in total. The first-order valence-corrected chi connectivity index (χ1v) is 8.89. The van der Waals surface area contributed by atoms with E-state index < -0.39 is 16.0 Å². The van der Waals surface area contributed by atoms with Crippen LogP contribution in [0.25, 0.3) is 0 Å². The highest BCUT2D eigenvalue weighted by atomic mass is 32.2. The van der Waals surface area contributed by atoms with Crippen LogP contribution in [0.5, 0.6) is 11.5 Å². The lowest BCUT2D eigenvalue weighted by Crippen LogP contribution is -2.13. The fraction of sp³-hybridized carbons (Fsp3) is 0.235. The van der Waals surface area contributed by atoms with Gasteiger partial charge in [-0.25, -0.2) is 8.42 Å². The summed E-state index contributed by atoms with van der Waals surface area (Å²) in [5.41, 5.74) is 1.10. The molecule has 2 aromatic rings. The largest absolute Gasteiger partial charge is 0.493 e. The van der Waals surface area contributed by atoms with Crippen LogP contribution in [0.3, 0.4) is 0 Å². The molecule has 0 spiro atoms. The minimum absolute atomic E-state index is 0.00398. The molecule has 0 radical (unpaired) electrons. The third-order valence-corrected chi connectivity index (χ3v) is 4.89. The Morgan fingerprint density at radius 2 is 1.68 bits per heavy atom. The fourth-order valence-corrected chi connectivity index (χ4v) is 3.25. The number of carbonyl (C=O) groups is 1. The summed E-state index contributed by atoms with van der Waals surface area (Å²) in [4.78, 5) is 10.7. The summed E-state index contributed by atoms with van der Waals surface area (Å²) in [5.74, 6) is 0.00627. The maximum absolute atomic E-state index is 12.5. The predicted molar refractivity (Wildman–Crippen MR) is 92.8 cm³/mol. The summed E-state index contributed by atoms with van der Waals surface area (Å²) in [6.07, 6.45) is 0.342. The molecule has 0 amide bonds. The molecule has 0 aliphatic carbocycles. The molecule has 0 saturated heterocycles. The van der Waals surface area contributed by atoms with Gasteiger partial charge in [0.25, 0.3) is 10.0 Å². The quantitative estimate of drug-likeness (QED) is 0.745. The molecule has 134 valence electrons. The molecule has 0 saturated carbocycles. The van der Waals surface area contributed by atoms with Gasteiger partial charge >= 0.3 is 5.97 Å². The Bertz CT molecular complexity index is 846. The van der Waals surface area contributed by atoms with E-state index in [1.807, 2.05) is 0 Å². The Morgan fingerprint density at radius 1 is 1.04 bits per heavy atom. The molecule has 2 N–H and O–H groups in total. The number of aliphatic carboxylic acids is 1. The van der Waals surface area contributed by atoms with Gasteiger partial charge in [-0.3, -0.25) is 9.52 Å². The van der Waals surface area contributed by atoms with Crippen molar-refractivity contribution in [3.63, 3.8) is 0 Å². The van der Waals surface area contributed by atoms with Crippen molar-refractivity contribution < 1.29 is 27.8 Å². The van der Waals surface area contributed by atoms with Crippen LogP contribution < -0.4 is 14.2 Å². The maximum Gasteiger partial charge on any atom is 0.303 e.